The van der Waals surface area contributed by atoms with Gasteiger partial charge in [-0.2, -0.15) is 30.2 Å². The number of hydrogen-bond acceptors (Lipinski definition) is 6. The normalized spacial score (nSPS) is 14.8. The second-order valence-corrected chi connectivity index (χ2v) is 12.3. The number of hydrogen-bond donors (Lipinski definition) is 1. The van der Waals surface area contributed by atoms with Crippen molar-refractivity contribution in [1.82, 2.24) is 4.90 Å². The number of carbonyl (C=O) groups excluding carboxylic acids is 1. The maximum atomic E-state index is 14.7. The molecule has 0 bridgehead atoms. The van der Waals surface area contributed by atoms with Crippen LogP contribution in [0.5, 0.6) is 0 Å². The van der Waals surface area contributed by atoms with E-state index >= 15 is 0 Å². The topological polar surface area (TPSA) is 104 Å². The minimum Gasteiger partial charge on any atom is -0.368 e. The third-order valence-electron chi connectivity index (χ3n) is 5.94. The summed E-state index contributed by atoms with van der Waals surface area (Å²) in [6.07, 6.45) is -1.70. The van der Waals surface area contributed by atoms with E-state index in [0.717, 1.165) is 11.2 Å². The SMILES string of the molecule is CSCC[C@@H](C#N)N([C@@H](c1ccc(-c2ccc(S(C)(=O)=O)cc2)cc1)C(F)(F)F)[C@@H](CC(C)C)C(N)=O. The Bertz CT molecular complexity index is 1190. The van der Waals surface area contributed by atoms with E-state index in [1.54, 1.807) is 32.2 Å². The molecule has 0 aliphatic carbocycles. The standard InChI is InChI=1S/C26H32F3N3O3S2/c1-17(2)15-23(25(31)33)32(21(16-30)13-14-36-3)24(26(27,28)29)20-7-5-18(6-8-20)19-9-11-22(12-10-19)37(4,34)35/h5-12,17,21,23-24H,13-15H2,1-4H3,(H2,31,33)/t21-,23-,24-/m0/s1. The minimum absolute atomic E-state index is 0.0735. The second-order valence-electron chi connectivity index (χ2n) is 9.28. The summed E-state index contributed by atoms with van der Waals surface area (Å²) in [5.74, 6) is -0.601. The van der Waals surface area contributed by atoms with Crippen LogP contribution < -0.4 is 5.73 Å². The van der Waals surface area contributed by atoms with Gasteiger partial charge >= 0.3 is 6.18 Å². The summed E-state index contributed by atoms with van der Waals surface area (Å²) in [4.78, 5) is 13.5. The van der Waals surface area contributed by atoms with Gasteiger partial charge in [-0.05, 0) is 59.6 Å². The molecule has 1 amide bonds. The average Bonchev–Trinajstić information content (AvgIpc) is 2.81. The molecular formula is C26H32F3N3O3S2. The Balaban J connectivity index is 2.59. The highest BCUT2D eigenvalue weighted by molar-refractivity contribution is 7.98. The van der Waals surface area contributed by atoms with Crippen molar-refractivity contribution in [2.75, 3.05) is 18.3 Å². The Hall–Kier alpha value is -2.55. The van der Waals surface area contributed by atoms with Crippen molar-refractivity contribution in [2.24, 2.45) is 11.7 Å². The van der Waals surface area contributed by atoms with Gasteiger partial charge in [-0.15, -0.1) is 0 Å². The summed E-state index contributed by atoms with van der Waals surface area (Å²) in [6, 6.07) is 8.97. The predicted molar refractivity (Wildman–Crippen MR) is 140 cm³/mol. The van der Waals surface area contributed by atoms with E-state index in [4.69, 9.17) is 5.73 Å². The molecule has 0 heterocycles. The number of nitrogens with zero attached hydrogens (tertiary/aromatic N) is 2. The second kappa shape index (κ2) is 12.8. The Labute approximate surface area is 220 Å². The molecule has 2 rings (SSSR count). The monoisotopic (exact) mass is 555 g/mol. The highest BCUT2D eigenvalue weighted by Crippen LogP contribution is 2.42. The van der Waals surface area contributed by atoms with Crippen LogP contribution >= 0.6 is 11.8 Å². The number of nitrogens with two attached hydrogens (primary N) is 1. The third kappa shape index (κ3) is 8.22. The van der Waals surface area contributed by atoms with E-state index in [9.17, 15) is 31.6 Å². The van der Waals surface area contributed by atoms with E-state index in [0.29, 0.717) is 16.9 Å². The van der Waals surface area contributed by atoms with Gasteiger partial charge in [0.1, 0.15) is 6.04 Å². The molecule has 3 atom stereocenters. The number of thioether (sulfide) groups is 1. The zero-order valence-electron chi connectivity index (χ0n) is 21.2. The molecule has 11 heteroatoms. The van der Waals surface area contributed by atoms with Crippen molar-refractivity contribution in [2.45, 2.75) is 55.9 Å². The lowest BCUT2D eigenvalue weighted by Crippen LogP contribution is -2.55. The molecule has 37 heavy (non-hydrogen) atoms. The fraction of sp³-hybridized carbons (Fsp3) is 0.462. The van der Waals surface area contributed by atoms with E-state index in [1.165, 1.54) is 48.2 Å². The fourth-order valence-corrected chi connectivity index (χ4v) is 5.29. The number of carbonyl (C=O) groups is 1. The molecule has 0 aliphatic heterocycles. The molecule has 0 radical (unpaired) electrons. The highest BCUT2D eigenvalue weighted by Gasteiger charge is 2.50. The minimum atomic E-state index is -4.79. The van der Waals surface area contributed by atoms with E-state index in [1.807, 2.05) is 6.07 Å². The summed E-state index contributed by atoms with van der Waals surface area (Å²) in [5, 5.41) is 9.86. The molecule has 0 saturated heterocycles. The summed E-state index contributed by atoms with van der Waals surface area (Å²) < 4.78 is 67.4. The predicted octanol–water partition coefficient (Wildman–Crippen LogP) is 5.21. The van der Waals surface area contributed by atoms with Crippen molar-refractivity contribution in [3.8, 4) is 17.2 Å². The molecule has 0 unspecified atom stereocenters. The first-order valence-electron chi connectivity index (χ1n) is 11.6. The van der Waals surface area contributed by atoms with Crippen LogP contribution in [0.25, 0.3) is 11.1 Å². The van der Waals surface area contributed by atoms with Crippen LogP contribution in [-0.4, -0.2) is 55.7 Å². The van der Waals surface area contributed by atoms with Gasteiger partial charge in [-0.1, -0.05) is 50.2 Å². The Morgan fingerprint density at radius 3 is 1.97 bits per heavy atom. The number of alkyl halides is 3. The van der Waals surface area contributed by atoms with Gasteiger partial charge in [0, 0.05) is 6.26 Å². The van der Waals surface area contributed by atoms with Gasteiger partial charge in [0.15, 0.2) is 9.84 Å². The highest BCUT2D eigenvalue weighted by atomic mass is 32.2. The first-order chi connectivity index (χ1) is 17.2. The Morgan fingerprint density at radius 1 is 1.08 bits per heavy atom. The largest absolute Gasteiger partial charge is 0.408 e. The molecule has 0 fully saturated rings. The number of halogens is 3. The van der Waals surface area contributed by atoms with Crippen LogP contribution in [-0.2, 0) is 14.6 Å². The average molecular weight is 556 g/mol. The lowest BCUT2D eigenvalue weighted by molar-refractivity contribution is -0.198. The lowest BCUT2D eigenvalue weighted by Gasteiger charge is -2.41. The molecule has 2 aromatic rings. The van der Waals surface area contributed by atoms with E-state index in [-0.39, 0.29) is 29.2 Å². The quantitative estimate of drug-likeness (QED) is 0.386. The molecule has 6 nitrogen and oxygen atoms in total. The zero-order valence-corrected chi connectivity index (χ0v) is 22.8. The van der Waals surface area contributed by atoms with Crippen LogP contribution in [0.2, 0.25) is 0 Å². The number of sulfone groups is 1. The molecule has 2 aromatic carbocycles. The Kier molecular flexibility index (Phi) is 10.6. The van der Waals surface area contributed by atoms with Crippen LogP contribution in [0.3, 0.4) is 0 Å². The van der Waals surface area contributed by atoms with Crippen molar-refractivity contribution in [3.05, 3.63) is 54.1 Å². The fourth-order valence-electron chi connectivity index (χ4n) is 4.20. The molecule has 0 aromatic heterocycles. The van der Waals surface area contributed by atoms with E-state index in [2.05, 4.69) is 0 Å². The summed E-state index contributed by atoms with van der Waals surface area (Å²) in [5.41, 5.74) is 6.70. The lowest BCUT2D eigenvalue weighted by atomic mass is 9.93. The van der Waals surface area contributed by atoms with Gasteiger partial charge in [0.05, 0.1) is 23.0 Å². The Morgan fingerprint density at radius 2 is 1.59 bits per heavy atom. The number of rotatable bonds is 12. The third-order valence-corrected chi connectivity index (χ3v) is 7.71. The van der Waals surface area contributed by atoms with Crippen molar-refractivity contribution >= 4 is 27.5 Å². The zero-order chi connectivity index (χ0) is 28.0. The van der Waals surface area contributed by atoms with Gasteiger partial charge in [-0.3, -0.25) is 9.69 Å². The number of nitriles is 1. The van der Waals surface area contributed by atoms with Gasteiger partial charge in [-0.25, -0.2) is 8.42 Å². The van der Waals surface area contributed by atoms with E-state index < -0.39 is 40.0 Å². The molecule has 0 aliphatic rings. The smallest absolute Gasteiger partial charge is 0.368 e. The summed E-state index contributed by atoms with van der Waals surface area (Å²) >= 11 is 1.40. The van der Waals surface area contributed by atoms with Crippen molar-refractivity contribution in [3.63, 3.8) is 0 Å². The van der Waals surface area contributed by atoms with Gasteiger partial charge in [0.2, 0.25) is 5.91 Å². The molecular weight excluding hydrogens is 523 g/mol. The summed E-state index contributed by atoms with van der Waals surface area (Å²) in [7, 11) is -3.38. The molecule has 0 spiro atoms. The van der Waals surface area contributed by atoms with Crippen LogP contribution in [0.1, 0.15) is 38.3 Å². The van der Waals surface area contributed by atoms with Crippen molar-refractivity contribution in [1.29, 1.82) is 5.26 Å². The summed E-state index contributed by atoms with van der Waals surface area (Å²) in [6.45, 7) is 3.56. The van der Waals surface area contributed by atoms with Crippen LogP contribution in [0, 0.1) is 17.2 Å². The first kappa shape index (κ1) is 30.7. The number of benzene rings is 2. The maximum absolute atomic E-state index is 14.7. The molecule has 202 valence electrons. The van der Waals surface area contributed by atoms with Crippen LogP contribution in [0.15, 0.2) is 53.4 Å². The maximum Gasteiger partial charge on any atom is 0.408 e. The number of primary amides is 1. The van der Waals surface area contributed by atoms with Gasteiger partial charge < -0.3 is 5.73 Å². The van der Waals surface area contributed by atoms with Gasteiger partial charge in [0.25, 0.3) is 0 Å². The van der Waals surface area contributed by atoms with Crippen molar-refractivity contribution < 1.29 is 26.4 Å². The molecule has 2 N–H and O–H groups in total. The first-order valence-corrected chi connectivity index (χ1v) is 14.9. The molecule has 0 saturated carbocycles. The number of amides is 1. The van der Waals surface area contributed by atoms with Crippen LogP contribution in [0.4, 0.5) is 13.2 Å².